The highest BCUT2D eigenvalue weighted by atomic mass is 16.6. The van der Waals surface area contributed by atoms with Crippen LogP contribution in [0.15, 0.2) is 30.3 Å². The minimum Gasteiger partial charge on any atom is -0.356 e. The zero-order chi connectivity index (χ0) is 13.0. The lowest BCUT2D eigenvalue weighted by molar-refractivity contribution is -0.214. The summed E-state index contributed by atoms with van der Waals surface area (Å²) in [5.41, 5.74) is 1.03. The lowest BCUT2D eigenvalue weighted by atomic mass is 10.0. The Bertz CT molecular complexity index is 393. The molecule has 18 heavy (non-hydrogen) atoms. The van der Waals surface area contributed by atoms with E-state index in [1.807, 2.05) is 42.2 Å². The average molecular weight is 249 g/mol. The van der Waals surface area contributed by atoms with Crippen LogP contribution in [0.2, 0.25) is 0 Å². The van der Waals surface area contributed by atoms with Gasteiger partial charge in [-0.05, 0) is 12.5 Å². The molecular formula is C14H19NO3. The van der Waals surface area contributed by atoms with Crippen LogP contribution in [-0.4, -0.2) is 34.8 Å². The van der Waals surface area contributed by atoms with Crippen LogP contribution in [0.3, 0.4) is 0 Å². The van der Waals surface area contributed by atoms with Gasteiger partial charge in [-0.2, -0.15) is 0 Å². The first-order valence-corrected chi connectivity index (χ1v) is 6.28. The Morgan fingerprint density at radius 1 is 1.44 bits per heavy atom. The standard InChI is InChI=1S/C14H19NO3/c1-11-9-13(16)7-8-15(11)14(17)18-10-12-5-3-2-4-6-12/h2-6,11,14,17H,7-10H2,1H3/t11-,14-/m0/s1. The highest BCUT2D eigenvalue weighted by Gasteiger charge is 2.28. The van der Waals surface area contributed by atoms with Crippen molar-refractivity contribution in [2.24, 2.45) is 0 Å². The highest BCUT2D eigenvalue weighted by molar-refractivity contribution is 5.79. The molecular weight excluding hydrogens is 230 g/mol. The Morgan fingerprint density at radius 2 is 2.17 bits per heavy atom. The smallest absolute Gasteiger partial charge is 0.216 e. The SMILES string of the molecule is C[C@H]1CC(=O)CCN1[C@@H](O)OCc1ccccc1. The summed E-state index contributed by atoms with van der Waals surface area (Å²) in [6.45, 7) is 2.88. The van der Waals surface area contributed by atoms with Crippen molar-refractivity contribution < 1.29 is 14.6 Å². The molecule has 1 saturated heterocycles. The molecule has 1 aromatic carbocycles. The average Bonchev–Trinajstić information content (AvgIpc) is 2.37. The number of carbonyl (C=O) groups is 1. The fraction of sp³-hybridized carbons (Fsp3) is 0.500. The number of aliphatic hydroxyl groups excluding tert-OH is 1. The quantitative estimate of drug-likeness (QED) is 0.822. The van der Waals surface area contributed by atoms with Crippen LogP contribution in [-0.2, 0) is 16.1 Å². The van der Waals surface area contributed by atoms with Gasteiger partial charge in [0.2, 0.25) is 6.41 Å². The van der Waals surface area contributed by atoms with E-state index in [2.05, 4.69) is 0 Å². The van der Waals surface area contributed by atoms with Gasteiger partial charge >= 0.3 is 0 Å². The number of ether oxygens (including phenoxy) is 1. The van der Waals surface area contributed by atoms with E-state index >= 15 is 0 Å². The largest absolute Gasteiger partial charge is 0.356 e. The number of piperidine rings is 1. The summed E-state index contributed by atoms with van der Waals surface area (Å²) in [4.78, 5) is 13.1. The number of aliphatic hydroxyl groups is 1. The van der Waals surface area contributed by atoms with E-state index in [4.69, 9.17) is 4.74 Å². The van der Waals surface area contributed by atoms with Crippen LogP contribution in [0, 0.1) is 0 Å². The Kier molecular flexibility index (Phi) is 4.47. The zero-order valence-electron chi connectivity index (χ0n) is 10.6. The minimum atomic E-state index is -0.937. The molecule has 0 spiro atoms. The molecule has 0 aliphatic carbocycles. The predicted octanol–water partition coefficient (Wildman–Crippen LogP) is 1.53. The number of hydrogen-bond acceptors (Lipinski definition) is 4. The summed E-state index contributed by atoms with van der Waals surface area (Å²) in [5.74, 6) is 0.258. The Labute approximate surface area is 107 Å². The molecule has 0 saturated carbocycles. The van der Waals surface area contributed by atoms with Gasteiger partial charge in [0.25, 0.3) is 0 Å². The molecule has 1 heterocycles. The van der Waals surface area contributed by atoms with Crippen LogP contribution in [0.5, 0.6) is 0 Å². The molecule has 1 N–H and O–H groups in total. The van der Waals surface area contributed by atoms with E-state index < -0.39 is 6.41 Å². The molecule has 0 aromatic heterocycles. The summed E-state index contributed by atoms with van der Waals surface area (Å²) >= 11 is 0. The third-order valence-electron chi connectivity index (χ3n) is 3.26. The summed E-state index contributed by atoms with van der Waals surface area (Å²) in [6, 6.07) is 9.77. The van der Waals surface area contributed by atoms with Gasteiger partial charge in [0.15, 0.2) is 0 Å². The molecule has 0 unspecified atom stereocenters. The molecule has 1 aromatic rings. The van der Waals surface area contributed by atoms with Crippen LogP contribution in [0.4, 0.5) is 0 Å². The van der Waals surface area contributed by atoms with E-state index in [-0.39, 0.29) is 11.8 Å². The number of nitrogens with zero attached hydrogens (tertiary/aromatic N) is 1. The second-order valence-electron chi connectivity index (χ2n) is 4.70. The van der Waals surface area contributed by atoms with Gasteiger partial charge in [0.1, 0.15) is 5.78 Å². The first-order valence-electron chi connectivity index (χ1n) is 6.28. The Balaban J connectivity index is 1.84. The molecule has 98 valence electrons. The molecule has 4 heteroatoms. The van der Waals surface area contributed by atoms with Crippen molar-refractivity contribution in [1.29, 1.82) is 0 Å². The zero-order valence-corrected chi connectivity index (χ0v) is 10.6. The maximum Gasteiger partial charge on any atom is 0.216 e. The minimum absolute atomic E-state index is 0.0389. The van der Waals surface area contributed by atoms with E-state index in [0.717, 1.165) is 5.56 Å². The van der Waals surface area contributed by atoms with Crippen molar-refractivity contribution in [2.45, 2.75) is 38.8 Å². The van der Waals surface area contributed by atoms with Crippen LogP contribution < -0.4 is 0 Å². The number of Topliss-reactive ketones (excluding diaryl/α,β-unsaturated/α-hetero) is 1. The lowest BCUT2D eigenvalue weighted by Gasteiger charge is -2.35. The predicted molar refractivity (Wildman–Crippen MR) is 67.6 cm³/mol. The highest BCUT2D eigenvalue weighted by Crippen LogP contribution is 2.17. The van der Waals surface area contributed by atoms with Gasteiger partial charge in [0.05, 0.1) is 6.61 Å². The number of hydrogen-bond donors (Lipinski definition) is 1. The summed E-state index contributed by atoms with van der Waals surface area (Å²) in [6.07, 6.45) is 0.0512. The molecule has 2 atom stereocenters. The normalized spacial score (nSPS) is 23.0. The maximum atomic E-state index is 11.3. The first kappa shape index (κ1) is 13.2. The van der Waals surface area contributed by atoms with Gasteiger partial charge in [-0.25, -0.2) is 0 Å². The molecule has 0 radical (unpaired) electrons. The monoisotopic (exact) mass is 249 g/mol. The van der Waals surface area contributed by atoms with Crippen molar-refractivity contribution in [3.8, 4) is 0 Å². The van der Waals surface area contributed by atoms with Gasteiger partial charge in [0, 0.05) is 25.4 Å². The topological polar surface area (TPSA) is 49.8 Å². The molecule has 4 nitrogen and oxygen atoms in total. The van der Waals surface area contributed by atoms with Crippen molar-refractivity contribution in [3.63, 3.8) is 0 Å². The summed E-state index contributed by atoms with van der Waals surface area (Å²) < 4.78 is 5.44. The fourth-order valence-corrected chi connectivity index (χ4v) is 2.19. The van der Waals surface area contributed by atoms with Crippen LogP contribution in [0.1, 0.15) is 25.3 Å². The van der Waals surface area contributed by atoms with E-state index in [9.17, 15) is 9.90 Å². The van der Waals surface area contributed by atoms with Crippen molar-refractivity contribution in [2.75, 3.05) is 6.54 Å². The number of rotatable bonds is 4. The summed E-state index contributed by atoms with van der Waals surface area (Å²) in [5, 5.41) is 9.98. The number of carbonyl (C=O) groups excluding carboxylic acids is 1. The van der Waals surface area contributed by atoms with Crippen LogP contribution >= 0.6 is 0 Å². The van der Waals surface area contributed by atoms with Gasteiger partial charge in [-0.1, -0.05) is 30.3 Å². The Morgan fingerprint density at radius 3 is 2.83 bits per heavy atom. The van der Waals surface area contributed by atoms with Crippen molar-refractivity contribution in [3.05, 3.63) is 35.9 Å². The van der Waals surface area contributed by atoms with E-state index in [1.54, 1.807) is 0 Å². The second kappa shape index (κ2) is 6.09. The molecule has 1 aliphatic rings. The molecule has 1 fully saturated rings. The molecule has 1 aliphatic heterocycles. The number of benzene rings is 1. The number of ketones is 1. The molecule has 0 bridgehead atoms. The van der Waals surface area contributed by atoms with Gasteiger partial charge in [-0.15, -0.1) is 0 Å². The third kappa shape index (κ3) is 3.38. The lowest BCUT2D eigenvalue weighted by Crippen LogP contribution is -2.48. The Hall–Kier alpha value is -1.23. The van der Waals surface area contributed by atoms with Gasteiger partial charge in [-0.3, -0.25) is 9.69 Å². The molecule has 0 amide bonds. The maximum absolute atomic E-state index is 11.3. The second-order valence-corrected chi connectivity index (χ2v) is 4.70. The van der Waals surface area contributed by atoms with Crippen LogP contribution in [0.25, 0.3) is 0 Å². The fourth-order valence-electron chi connectivity index (χ4n) is 2.19. The third-order valence-corrected chi connectivity index (χ3v) is 3.26. The van der Waals surface area contributed by atoms with E-state index in [0.29, 0.717) is 26.0 Å². The van der Waals surface area contributed by atoms with E-state index in [1.165, 1.54) is 0 Å². The number of likely N-dealkylation sites (tertiary alicyclic amines) is 1. The first-order chi connectivity index (χ1) is 8.66. The summed E-state index contributed by atoms with van der Waals surface area (Å²) in [7, 11) is 0. The van der Waals surface area contributed by atoms with Crippen molar-refractivity contribution in [1.82, 2.24) is 4.90 Å². The molecule has 2 rings (SSSR count). The van der Waals surface area contributed by atoms with Crippen molar-refractivity contribution >= 4 is 5.78 Å². The van der Waals surface area contributed by atoms with Gasteiger partial charge < -0.3 is 9.84 Å².